The Bertz CT molecular complexity index is 1710. The molecular formula is C27H15ClF5NO5. The second-order valence-electron chi connectivity index (χ2n) is 8.21. The molecule has 3 aromatic carbocycles. The molecule has 4 aromatic rings. The van der Waals surface area contributed by atoms with Crippen LogP contribution in [0, 0.1) is 11.6 Å². The minimum Gasteiger partial charge on any atom is -0.478 e. The average Bonchev–Trinajstić information content (AvgIpc) is 2.84. The summed E-state index contributed by atoms with van der Waals surface area (Å²) in [6.45, 7) is 0. The van der Waals surface area contributed by atoms with Gasteiger partial charge in [0.25, 0.3) is 0 Å². The van der Waals surface area contributed by atoms with Gasteiger partial charge in [0, 0.05) is 22.7 Å². The van der Waals surface area contributed by atoms with E-state index in [9.17, 15) is 31.9 Å². The fraction of sp³-hybridized carbons (Fsp3) is 0.0741. The largest absolute Gasteiger partial charge is 0.478 e. The van der Waals surface area contributed by atoms with Gasteiger partial charge in [0.15, 0.2) is 0 Å². The van der Waals surface area contributed by atoms with Crippen LogP contribution in [-0.4, -0.2) is 17.0 Å². The van der Waals surface area contributed by atoms with E-state index in [4.69, 9.17) is 21.1 Å². The zero-order valence-electron chi connectivity index (χ0n) is 19.4. The Hall–Kier alpha value is -4.51. The van der Waals surface area contributed by atoms with Gasteiger partial charge in [-0.2, -0.15) is 13.2 Å². The van der Waals surface area contributed by atoms with E-state index in [0.717, 1.165) is 24.3 Å². The maximum absolute atomic E-state index is 15.2. The number of carboxylic acid groups (broad SMARTS) is 1. The topological polar surface area (TPSA) is 96.6 Å². The molecule has 0 aliphatic heterocycles. The molecule has 0 bridgehead atoms. The molecule has 0 fully saturated rings. The Morgan fingerprint density at radius 2 is 1.79 bits per heavy atom. The van der Waals surface area contributed by atoms with E-state index in [0.29, 0.717) is 5.56 Å². The summed E-state index contributed by atoms with van der Waals surface area (Å²) in [5.41, 5.74) is -3.50. The quantitative estimate of drug-likeness (QED) is 0.155. The number of alkyl halides is 3. The molecule has 12 heteroatoms. The molecule has 39 heavy (non-hydrogen) atoms. The van der Waals surface area contributed by atoms with Crippen LogP contribution in [0.1, 0.15) is 16.7 Å². The molecular weight excluding hydrogens is 549 g/mol. The minimum atomic E-state index is -5.00. The first-order chi connectivity index (χ1) is 18.3. The van der Waals surface area contributed by atoms with Gasteiger partial charge < -0.3 is 14.8 Å². The van der Waals surface area contributed by atoms with E-state index in [2.05, 4.69) is 0 Å². The maximum atomic E-state index is 15.2. The van der Waals surface area contributed by atoms with Crippen molar-refractivity contribution in [3.63, 3.8) is 0 Å². The minimum absolute atomic E-state index is 0.0891. The molecule has 0 aliphatic carbocycles. The summed E-state index contributed by atoms with van der Waals surface area (Å²) >= 11 is 5.90. The van der Waals surface area contributed by atoms with Crippen LogP contribution >= 0.6 is 11.6 Å². The molecule has 1 aromatic heterocycles. The Kier molecular flexibility index (Phi) is 7.55. The lowest BCUT2D eigenvalue weighted by Crippen LogP contribution is -2.22. The van der Waals surface area contributed by atoms with Gasteiger partial charge in [-0.3, -0.25) is 4.79 Å². The average molecular weight is 564 g/mol. The van der Waals surface area contributed by atoms with Crippen molar-refractivity contribution in [3.8, 4) is 11.1 Å². The van der Waals surface area contributed by atoms with E-state index >= 15 is 4.39 Å². The van der Waals surface area contributed by atoms with Gasteiger partial charge in [-0.25, -0.2) is 18.4 Å². The predicted molar refractivity (Wildman–Crippen MR) is 133 cm³/mol. The van der Waals surface area contributed by atoms with Crippen molar-refractivity contribution in [2.24, 2.45) is 0 Å². The summed E-state index contributed by atoms with van der Waals surface area (Å²) in [5, 5.41) is 10.6. The van der Waals surface area contributed by atoms with Crippen LogP contribution in [0.3, 0.4) is 0 Å². The molecule has 0 aliphatic rings. The fourth-order valence-corrected chi connectivity index (χ4v) is 4.14. The second-order valence-corrected chi connectivity index (χ2v) is 8.65. The van der Waals surface area contributed by atoms with Gasteiger partial charge in [0.2, 0.25) is 5.91 Å². The number of anilines is 1. The third kappa shape index (κ3) is 6.15. The van der Waals surface area contributed by atoms with Crippen molar-refractivity contribution >= 4 is 46.2 Å². The highest BCUT2D eigenvalue weighted by Crippen LogP contribution is 2.37. The number of rotatable bonds is 6. The molecule has 0 radical (unpaired) electrons. The van der Waals surface area contributed by atoms with Crippen LogP contribution in [0.25, 0.3) is 28.2 Å². The third-order valence-electron chi connectivity index (χ3n) is 5.51. The number of carbonyl (C=O) groups is 2. The first-order valence-corrected chi connectivity index (χ1v) is 11.3. The smallest absolute Gasteiger partial charge is 0.418 e. The predicted octanol–water partition coefficient (Wildman–Crippen LogP) is 6.69. The monoisotopic (exact) mass is 563 g/mol. The molecule has 0 saturated carbocycles. The summed E-state index contributed by atoms with van der Waals surface area (Å²) in [4.78, 5) is 36.7. The van der Waals surface area contributed by atoms with Gasteiger partial charge in [-0.05, 0) is 47.5 Å². The number of carboxylic acids is 1. The van der Waals surface area contributed by atoms with E-state index in [1.54, 1.807) is 0 Å². The Labute approximate surface area is 220 Å². The molecule has 6 nitrogen and oxygen atoms in total. The zero-order valence-corrected chi connectivity index (χ0v) is 20.2. The molecule has 0 saturated heterocycles. The summed E-state index contributed by atoms with van der Waals surface area (Å²) in [6.07, 6.45) is -3.75. The second kappa shape index (κ2) is 10.7. The van der Waals surface area contributed by atoms with Crippen molar-refractivity contribution in [2.45, 2.75) is 12.6 Å². The zero-order chi connectivity index (χ0) is 28.5. The molecule has 2 N–H and O–H groups in total. The molecule has 1 amide bonds. The highest BCUT2D eigenvalue weighted by atomic mass is 35.5. The summed E-state index contributed by atoms with van der Waals surface area (Å²) in [6, 6.07) is 9.67. The Balaban J connectivity index is 1.86. The lowest BCUT2D eigenvalue weighted by atomic mass is 9.93. The van der Waals surface area contributed by atoms with Gasteiger partial charge in [-0.15, -0.1) is 0 Å². The SMILES string of the molecule is O=C(O)C=Cc1cccc(-c2c(CC(=O)Nc3ccc(F)cc3C(F)(F)F)c(=O)oc3cc(Cl)cc(F)c23)c1. The normalized spacial score (nSPS) is 11.7. The number of hydrogen-bond acceptors (Lipinski definition) is 4. The maximum Gasteiger partial charge on any atom is 0.418 e. The molecule has 0 unspecified atom stereocenters. The fourth-order valence-electron chi connectivity index (χ4n) is 3.95. The standard InChI is InChI=1S/C27H15ClF5NO5/c28-15-9-19(30)25-21(10-15)39-26(38)17(24(25)14-3-1-2-13(8-14)4-7-23(36)37)12-22(35)34-20-6-5-16(29)11-18(20)27(31,32)33/h1-11H,12H2,(H,34,35)(H,36,37). The lowest BCUT2D eigenvalue weighted by molar-refractivity contribution is -0.137. The van der Waals surface area contributed by atoms with Gasteiger partial charge in [0.1, 0.15) is 17.2 Å². The van der Waals surface area contributed by atoms with Crippen LogP contribution in [0.4, 0.5) is 27.6 Å². The number of hydrogen-bond donors (Lipinski definition) is 2. The van der Waals surface area contributed by atoms with Crippen LogP contribution in [0.2, 0.25) is 5.02 Å². The number of benzene rings is 3. The molecule has 0 spiro atoms. The molecule has 1 heterocycles. The van der Waals surface area contributed by atoms with E-state index in [-0.39, 0.29) is 33.2 Å². The van der Waals surface area contributed by atoms with Gasteiger partial charge >= 0.3 is 17.8 Å². The van der Waals surface area contributed by atoms with Gasteiger partial charge in [-0.1, -0.05) is 29.8 Å². The van der Waals surface area contributed by atoms with Crippen LogP contribution in [0.15, 0.2) is 69.9 Å². The van der Waals surface area contributed by atoms with E-state index < -0.39 is 58.5 Å². The van der Waals surface area contributed by atoms with Crippen molar-refractivity contribution in [1.82, 2.24) is 0 Å². The number of halogens is 6. The van der Waals surface area contributed by atoms with E-state index in [1.807, 2.05) is 5.32 Å². The molecule has 0 atom stereocenters. The first kappa shape index (κ1) is 27.5. The molecule has 4 rings (SSSR count). The van der Waals surface area contributed by atoms with Crippen molar-refractivity contribution in [2.75, 3.05) is 5.32 Å². The van der Waals surface area contributed by atoms with Crippen LogP contribution in [-0.2, 0) is 22.2 Å². The summed E-state index contributed by atoms with van der Waals surface area (Å²) in [7, 11) is 0. The van der Waals surface area contributed by atoms with Crippen molar-refractivity contribution in [1.29, 1.82) is 0 Å². The Morgan fingerprint density at radius 1 is 1.05 bits per heavy atom. The number of carbonyl (C=O) groups excluding carboxylic acids is 1. The number of nitrogens with one attached hydrogen (secondary N) is 1. The summed E-state index contributed by atoms with van der Waals surface area (Å²) in [5.74, 6) is -4.43. The lowest BCUT2D eigenvalue weighted by Gasteiger charge is -2.16. The summed E-state index contributed by atoms with van der Waals surface area (Å²) < 4.78 is 73.9. The number of amides is 1. The van der Waals surface area contributed by atoms with Crippen LogP contribution < -0.4 is 10.9 Å². The third-order valence-corrected chi connectivity index (χ3v) is 5.73. The highest BCUT2D eigenvalue weighted by molar-refractivity contribution is 6.31. The van der Waals surface area contributed by atoms with Gasteiger partial charge in [0.05, 0.1) is 28.6 Å². The first-order valence-electron chi connectivity index (χ1n) is 11.0. The number of aliphatic carboxylic acids is 1. The van der Waals surface area contributed by atoms with E-state index in [1.165, 1.54) is 36.4 Å². The van der Waals surface area contributed by atoms with Crippen molar-refractivity contribution in [3.05, 3.63) is 104 Å². The van der Waals surface area contributed by atoms with Crippen molar-refractivity contribution < 1.29 is 41.1 Å². The highest BCUT2D eigenvalue weighted by Gasteiger charge is 2.34. The number of fused-ring (bicyclic) bond motifs is 1. The van der Waals surface area contributed by atoms with Crippen LogP contribution in [0.5, 0.6) is 0 Å². The Morgan fingerprint density at radius 3 is 2.49 bits per heavy atom. The molecule has 200 valence electrons.